The lowest BCUT2D eigenvalue weighted by Gasteiger charge is -2.72. The Balaban J connectivity index is 1.27. The Hall–Kier alpha value is -3.20. The molecule has 350 valence electrons. The molecule has 4 fully saturated rings. The monoisotopic (exact) mass is 892 g/mol. The zero-order valence-corrected chi connectivity index (χ0v) is 42.0. The van der Waals surface area contributed by atoms with Crippen LogP contribution in [-0.4, -0.2) is 58.3 Å². The fraction of sp³-hybridized carbons (Fsp3) is 0.755. The number of amides is 1. The van der Waals surface area contributed by atoms with E-state index < -0.39 is 34.1 Å². The molecule has 1 aromatic rings. The maximum absolute atomic E-state index is 15.2. The van der Waals surface area contributed by atoms with Crippen molar-refractivity contribution in [3.63, 3.8) is 0 Å². The first kappa shape index (κ1) is 49.2. The second-order valence-corrected chi connectivity index (χ2v) is 25.0. The van der Waals surface area contributed by atoms with E-state index in [4.69, 9.17) is 25.8 Å². The largest absolute Gasteiger partial charge is 0.462 e. The van der Waals surface area contributed by atoms with Gasteiger partial charge in [0.15, 0.2) is 11.6 Å². The van der Waals surface area contributed by atoms with Crippen molar-refractivity contribution in [3.05, 3.63) is 46.0 Å². The van der Waals surface area contributed by atoms with Gasteiger partial charge in [-0.25, -0.2) is 4.79 Å². The van der Waals surface area contributed by atoms with Crippen LogP contribution in [0.5, 0.6) is 0 Å². The molecule has 0 saturated heterocycles. The van der Waals surface area contributed by atoms with E-state index in [1.165, 1.54) is 4.90 Å². The van der Waals surface area contributed by atoms with Crippen molar-refractivity contribution < 1.29 is 38.2 Å². The Bertz CT molecular complexity index is 2020. The molecule has 1 aromatic carbocycles. The van der Waals surface area contributed by atoms with Crippen LogP contribution in [-0.2, 0) is 39.9 Å². The molecule has 63 heavy (non-hydrogen) atoms. The van der Waals surface area contributed by atoms with E-state index in [-0.39, 0.29) is 83.1 Å². The minimum Gasteiger partial charge on any atom is -0.462 e. The van der Waals surface area contributed by atoms with E-state index in [1.807, 2.05) is 53.7 Å². The van der Waals surface area contributed by atoms with Crippen LogP contribution in [0.3, 0.4) is 0 Å². The highest BCUT2D eigenvalue weighted by Crippen LogP contribution is 2.77. The van der Waals surface area contributed by atoms with Gasteiger partial charge in [-0.15, -0.1) is 0 Å². The number of esters is 2. The Morgan fingerprint density at radius 2 is 1.40 bits per heavy atom. The molecule has 5 aliphatic carbocycles. The number of benzene rings is 1. The molecular formula is C53H78ClNO8. The van der Waals surface area contributed by atoms with Crippen molar-refractivity contribution in [2.75, 3.05) is 6.54 Å². The summed E-state index contributed by atoms with van der Waals surface area (Å²) in [7, 11) is 0. The highest BCUT2D eigenvalue weighted by molar-refractivity contribution is 6.30. The number of carbonyl (C=O) groups is 5. The fourth-order valence-electron chi connectivity index (χ4n) is 13.8. The van der Waals surface area contributed by atoms with Gasteiger partial charge in [0.25, 0.3) is 0 Å². The van der Waals surface area contributed by atoms with Crippen molar-refractivity contribution in [3.8, 4) is 0 Å². The smallest absolute Gasteiger partial charge is 0.410 e. The zero-order chi connectivity index (χ0) is 47.1. The molecular weight excluding hydrogens is 814 g/mol. The number of rotatable bonds is 10. The van der Waals surface area contributed by atoms with Gasteiger partial charge in [-0.1, -0.05) is 72.2 Å². The quantitative estimate of drug-likeness (QED) is 0.168. The normalized spacial score (nSPS) is 32.8. The number of nitrogens with zero attached hydrogens (tertiary/aromatic N) is 1. The minimum absolute atomic E-state index is 0.0101. The number of halogens is 1. The lowest BCUT2D eigenvalue weighted by molar-refractivity contribution is -0.233. The van der Waals surface area contributed by atoms with Gasteiger partial charge in [0, 0.05) is 23.4 Å². The van der Waals surface area contributed by atoms with Crippen LogP contribution < -0.4 is 0 Å². The summed E-state index contributed by atoms with van der Waals surface area (Å²) < 4.78 is 17.9. The molecule has 4 saturated carbocycles. The summed E-state index contributed by atoms with van der Waals surface area (Å²) in [5.41, 5.74) is -1.18. The molecule has 10 heteroatoms. The fourth-order valence-corrected chi connectivity index (χ4v) is 14.0. The van der Waals surface area contributed by atoms with Crippen molar-refractivity contribution in [1.82, 2.24) is 4.90 Å². The third kappa shape index (κ3) is 8.92. The summed E-state index contributed by atoms with van der Waals surface area (Å²) in [4.78, 5) is 71.6. The maximum Gasteiger partial charge on any atom is 0.410 e. The predicted molar refractivity (Wildman–Crippen MR) is 247 cm³/mol. The molecule has 8 atom stereocenters. The number of ketones is 2. The van der Waals surface area contributed by atoms with Gasteiger partial charge in [0.05, 0.1) is 23.8 Å². The Morgan fingerprint density at radius 3 is 1.98 bits per heavy atom. The topological polar surface area (TPSA) is 116 Å². The van der Waals surface area contributed by atoms with Gasteiger partial charge >= 0.3 is 18.0 Å². The molecule has 6 rings (SSSR count). The lowest BCUT2D eigenvalue weighted by Crippen LogP contribution is -2.66. The van der Waals surface area contributed by atoms with E-state index in [0.29, 0.717) is 23.3 Å². The third-order valence-corrected chi connectivity index (χ3v) is 17.2. The Kier molecular flexibility index (Phi) is 13.0. The molecule has 0 aromatic heterocycles. The number of ether oxygens (including phenoxy) is 3. The highest BCUT2D eigenvalue weighted by atomic mass is 35.5. The number of fused-ring (bicyclic) bond motifs is 7. The van der Waals surface area contributed by atoms with Crippen molar-refractivity contribution in [2.24, 2.45) is 56.2 Å². The summed E-state index contributed by atoms with van der Waals surface area (Å²) in [6, 6.07) is 7.28. The van der Waals surface area contributed by atoms with Crippen LogP contribution in [0.15, 0.2) is 35.4 Å². The molecule has 0 spiro atoms. The predicted octanol–water partition coefficient (Wildman–Crippen LogP) is 12.3. The van der Waals surface area contributed by atoms with E-state index >= 15 is 4.79 Å². The van der Waals surface area contributed by atoms with Crippen molar-refractivity contribution in [2.45, 2.75) is 192 Å². The number of allylic oxidation sites excluding steroid dienone is 2. The molecule has 0 bridgehead atoms. The van der Waals surface area contributed by atoms with E-state index in [0.717, 1.165) is 61.7 Å². The van der Waals surface area contributed by atoms with Gasteiger partial charge in [-0.2, -0.15) is 0 Å². The lowest BCUT2D eigenvalue weighted by atomic mass is 9.33. The van der Waals surface area contributed by atoms with Gasteiger partial charge < -0.3 is 14.2 Å². The number of Topliss-reactive ketones (excluding diaryl/α,β-unsaturated/α-hetero) is 2. The third-order valence-electron chi connectivity index (χ3n) is 17.0. The standard InChI is InChI=1S/C53H78ClNO8/c1-32(2)42-36(56)28-53(39(57)31-55(45(60)63-47(6,7)8)30-33-16-18-34(54)19-17-33)27-26-51(14)35(43(42)53)20-21-38-50(13)24-23-40(49(11,12)37(50)22-25-52(38,51)15)61-41(58)29-48(9,10)44(59)62-46(3,4)5/h16-19,32,35,37-38,40H,20-31H2,1-15H3. The van der Waals surface area contributed by atoms with Crippen molar-refractivity contribution >= 4 is 41.2 Å². The van der Waals surface area contributed by atoms with Gasteiger partial charge in [-0.3, -0.25) is 24.1 Å². The van der Waals surface area contributed by atoms with Crippen LogP contribution in [0.2, 0.25) is 5.02 Å². The van der Waals surface area contributed by atoms with Gasteiger partial charge in [0.1, 0.15) is 17.3 Å². The Labute approximate surface area is 383 Å². The molecule has 1 amide bonds. The summed E-state index contributed by atoms with van der Waals surface area (Å²) >= 11 is 6.21. The van der Waals surface area contributed by atoms with E-state index in [2.05, 4.69) is 48.5 Å². The SMILES string of the molecule is CC(C)C1=C2C3CCC4C5(C)CCC(OC(=O)CC(C)(C)C(=O)OC(C)(C)C)C(C)(C)C5CCC4(C)C3(C)CCC2(C(=O)CN(Cc2ccc(Cl)cc2)C(=O)OC(C)(C)C)CC1=O. The minimum atomic E-state index is -1.01. The van der Waals surface area contributed by atoms with Crippen LogP contribution in [0.25, 0.3) is 0 Å². The molecule has 0 heterocycles. The van der Waals surface area contributed by atoms with Crippen LogP contribution in [0.4, 0.5) is 4.79 Å². The van der Waals surface area contributed by atoms with E-state index in [9.17, 15) is 19.2 Å². The number of hydrogen-bond acceptors (Lipinski definition) is 8. The number of carbonyl (C=O) groups excluding carboxylic acids is 5. The molecule has 8 unspecified atom stereocenters. The maximum atomic E-state index is 15.2. The summed E-state index contributed by atoms with van der Waals surface area (Å²) in [5.74, 6) is -0.0216. The van der Waals surface area contributed by atoms with E-state index in [1.54, 1.807) is 26.0 Å². The number of hydrogen-bond donors (Lipinski definition) is 0. The second-order valence-electron chi connectivity index (χ2n) is 24.6. The van der Waals surface area contributed by atoms with Gasteiger partial charge in [0.2, 0.25) is 0 Å². The zero-order valence-electron chi connectivity index (χ0n) is 41.3. The molecule has 5 aliphatic rings. The summed E-state index contributed by atoms with van der Waals surface area (Å²) in [6.45, 7) is 30.7. The average molecular weight is 893 g/mol. The first-order valence-corrected chi connectivity index (χ1v) is 24.2. The molecule has 0 N–H and O–H groups in total. The second kappa shape index (κ2) is 16.6. The van der Waals surface area contributed by atoms with Crippen LogP contribution in [0.1, 0.15) is 174 Å². The molecule has 0 radical (unpaired) electrons. The summed E-state index contributed by atoms with van der Waals surface area (Å²) in [6.07, 6.45) is 6.26. The Morgan fingerprint density at radius 1 is 0.778 bits per heavy atom. The molecule has 9 nitrogen and oxygen atoms in total. The molecule has 0 aliphatic heterocycles. The highest BCUT2D eigenvalue weighted by Gasteiger charge is 2.71. The van der Waals surface area contributed by atoms with Crippen LogP contribution >= 0.6 is 11.6 Å². The van der Waals surface area contributed by atoms with Crippen molar-refractivity contribution in [1.29, 1.82) is 0 Å². The first-order chi connectivity index (χ1) is 28.8. The average Bonchev–Trinajstić information content (AvgIpc) is 3.45. The van der Waals surface area contributed by atoms with Crippen LogP contribution in [0, 0.1) is 56.2 Å². The summed E-state index contributed by atoms with van der Waals surface area (Å²) in [5, 5.41) is 0.587. The first-order valence-electron chi connectivity index (χ1n) is 23.8. The van der Waals surface area contributed by atoms with Gasteiger partial charge in [-0.05, 0) is 176 Å².